The monoisotopic (exact) mass is 198 g/mol. The first-order valence-electron chi connectivity index (χ1n) is 2.64. The summed E-state index contributed by atoms with van der Waals surface area (Å²) in [7, 11) is -7.35. The van der Waals surface area contributed by atoms with Crippen LogP contribution in [0.15, 0.2) is 10.3 Å². The highest BCUT2D eigenvalue weighted by Gasteiger charge is 2.32. The first-order valence-corrected chi connectivity index (χ1v) is 6.01. The Hall–Kier alpha value is -0.400. The molecular formula is C4H6O5S2. The molecule has 7 heteroatoms. The largest absolute Gasteiger partial charge is 0.391 e. The van der Waals surface area contributed by atoms with E-state index in [1.807, 2.05) is 0 Å². The Morgan fingerprint density at radius 3 is 2.09 bits per heavy atom. The summed E-state index contributed by atoms with van der Waals surface area (Å²) in [6, 6.07) is 0. The maximum Gasteiger partial charge on any atom is 0.192 e. The van der Waals surface area contributed by atoms with Crippen LogP contribution >= 0.6 is 0 Å². The van der Waals surface area contributed by atoms with Crippen LogP contribution in [0.4, 0.5) is 0 Å². The molecule has 1 heterocycles. The minimum atomic E-state index is -3.72. The number of sulfone groups is 2. The van der Waals surface area contributed by atoms with Crippen LogP contribution in [0.3, 0.4) is 0 Å². The van der Waals surface area contributed by atoms with Gasteiger partial charge in [-0.2, -0.15) is 0 Å². The fraction of sp³-hybridized carbons (Fsp3) is 0.500. The third-order valence-corrected chi connectivity index (χ3v) is 5.58. The van der Waals surface area contributed by atoms with E-state index in [4.69, 9.17) is 5.11 Å². The van der Waals surface area contributed by atoms with Crippen LogP contribution in [0.2, 0.25) is 0 Å². The van der Waals surface area contributed by atoms with Gasteiger partial charge in [-0.3, -0.25) is 0 Å². The van der Waals surface area contributed by atoms with Crippen molar-refractivity contribution in [3.8, 4) is 0 Å². The van der Waals surface area contributed by atoms with Gasteiger partial charge in [-0.25, -0.2) is 16.8 Å². The van der Waals surface area contributed by atoms with Crippen LogP contribution in [-0.2, 0) is 19.7 Å². The summed E-state index contributed by atoms with van der Waals surface area (Å²) in [5.41, 5.74) is 0. The highest BCUT2D eigenvalue weighted by Crippen LogP contribution is 2.19. The van der Waals surface area contributed by atoms with E-state index in [1.165, 1.54) is 0 Å². The molecule has 1 aliphatic heterocycles. The molecule has 1 N–H and O–H groups in total. The van der Waals surface area contributed by atoms with E-state index in [0.717, 1.165) is 0 Å². The van der Waals surface area contributed by atoms with E-state index < -0.39 is 36.3 Å². The van der Waals surface area contributed by atoms with Gasteiger partial charge in [0.05, 0.1) is 11.5 Å². The molecule has 0 unspecified atom stereocenters. The molecule has 0 saturated heterocycles. The lowest BCUT2D eigenvalue weighted by atomic mass is 10.7. The van der Waals surface area contributed by atoms with Crippen molar-refractivity contribution in [2.24, 2.45) is 0 Å². The van der Waals surface area contributed by atoms with Gasteiger partial charge >= 0.3 is 0 Å². The van der Waals surface area contributed by atoms with Crippen LogP contribution < -0.4 is 0 Å². The number of aliphatic hydroxyl groups excluding tert-OH is 1. The van der Waals surface area contributed by atoms with Crippen molar-refractivity contribution in [2.45, 2.75) is 0 Å². The minimum Gasteiger partial charge on any atom is -0.391 e. The molecule has 0 aromatic carbocycles. The average Bonchev–Trinajstić information content (AvgIpc) is 1.99. The van der Waals surface area contributed by atoms with Crippen LogP contribution in [0.25, 0.3) is 0 Å². The van der Waals surface area contributed by atoms with Gasteiger partial charge in [0.2, 0.25) is 0 Å². The van der Waals surface area contributed by atoms with E-state index in [9.17, 15) is 16.8 Å². The molecule has 1 rings (SSSR count). The predicted molar refractivity (Wildman–Crippen MR) is 37.9 cm³/mol. The quantitative estimate of drug-likeness (QED) is 0.561. The molecular weight excluding hydrogens is 192 g/mol. The standard InChI is InChI=1S/C4H6O5S2/c5-1-4-2-10(6,7)3-11(4,8)9/h2,5H,1,3H2. The second-order valence-corrected chi connectivity index (χ2v) is 6.40. The van der Waals surface area contributed by atoms with Crippen molar-refractivity contribution in [1.82, 2.24) is 0 Å². The Bertz CT molecular complexity index is 384. The van der Waals surface area contributed by atoms with Crippen LogP contribution in [0.1, 0.15) is 0 Å². The Morgan fingerprint density at radius 1 is 1.36 bits per heavy atom. The van der Waals surface area contributed by atoms with Gasteiger partial charge in [0.25, 0.3) is 0 Å². The van der Waals surface area contributed by atoms with Crippen LogP contribution in [0.5, 0.6) is 0 Å². The molecule has 0 aliphatic carbocycles. The molecule has 0 bridgehead atoms. The van der Waals surface area contributed by atoms with Gasteiger partial charge in [-0.1, -0.05) is 0 Å². The Kier molecular flexibility index (Phi) is 1.81. The van der Waals surface area contributed by atoms with Gasteiger partial charge < -0.3 is 5.11 Å². The molecule has 1 aliphatic rings. The van der Waals surface area contributed by atoms with Crippen molar-refractivity contribution >= 4 is 19.7 Å². The van der Waals surface area contributed by atoms with E-state index in [0.29, 0.717) is 5.41 Å². The Morgan fingerprint density at radius 2 is 1.91 bits per heavy atom. The highest BCUT2D eigenvalue weighted by molar-refractivity contribution is 8.14. The first-order chi connectivity index (χ1) is 4.87. The average molecular weight is 198 g/mol. The molecule has 11 heavy (non-hydrogen) atoms. The normalized spacial score (nSPS) is 26.5. The molecule has 0 aromatic rings. The SMILES string of the molecule is O=S1(=O)C=C(CO)S(=O)(=O)C1. The zero-order valence-corrected chi connectivity index (χ0v) is 7.02. The number of rotatable bonds is 1. The number of aliphatic hydroxyl groups is 1. The summed E-state index contributed by atoms with van der Waals surface area (Å²) in [4.78, 5) is -0.419. The van der Waals surface area contributed by atoms with Crippen molar-refractivity contribution in [3.63, 3.8) is 0 Å². The molecule has 0 saturated carbocycles. The predicted octanol–water partition coefficient (Wildman–Crippen LogP) is -1.38. The fourth-order valence-corrected chi connectivity index (χ4v) is 5.04. The van der Waals surface area contributed by atoms with Crippen molar-refractivity contribution in [3.05, 3.63) is 10.3 Å². The molecule has 64 valence electrons. The van der Waals surface area contributed by atoms with Gasteiger partial charge in [-0.05, 0) is 0 Å². The summed E-state index contributed by atoms with van der Waals surface area (Å²) < 4.78 is 42.9. The van der Waals surface area contributed by atoms with E-state index >= 15 is 0 Å². The second-order valence-electron chi connectivity index (χ2n) is 2.14. The van der Waals surface area contributed by atoms with Gasteiger partial charge in [0, 0.05) is 5.41 Å². The lowest BCUT2D eigenvalue weighted by molar-refractivity contribution is 0.338. The minimum absolute atomic E-state index is 0.419. The molecule has 0 atom stereocenters. The lowest BCUT2D eigenvalue weighted by Crippen LogP contribution is -2.08. The van der Waals surface area contributed by atoms with E-state index in [-0.39, 0.29) is 0 Å². The summed E-state index contributed by atoms with van der Waals surface area (Å²) in [5, 5.41) is 8.11. The summed E-state index contributed by atoms with van der Waals surface area (Å²) in [6.07, 6.45) is 0. The first kappa shape index (κ1) is 8.69. The molecule has 0 aromatic heterocycles. The summed E-state index contributed by atoms with van der Waals surface area (Å²) >= 11 is 0. The Labute approximate surface area is 64.2 Å². The van der Waals surface area contributed by atoms with Crippen molar-refractivity contribution in [2.75, 3.05) is 11.7 Å². The third kappa shape index (κ3) is 1.60. The van der Waals surface area contributed by atoms with Gasteiger partial charge in [0.1, 0.15) is 0 Å². The van der Waals surface area contributed by atoms with Crippen LogP contribution in [0, 0.1) is 0 Å². The van der Waals surface area contributed by atoms with E-state index in [2.05, 4.69) is 0 Å². The number of hydrogen-bond donors (Lipinski definition) is 1. The maximum absolute atomic E-state index is 10.8. The topological polar surface area (TPSA) is 88.5 Å². The van der Waals surface area contributed by atoms with Gasteiger partial charge in [-0.15, -0.1) is 0 Å². The smallest absolute Gasteiger partial charge is 0.192 e. The summed E-state index contributed by atoms with van der Waals surface area (Å²) in [6.45, 7) is -0.748. The lowest BCUT2D eigenvalue weighted by Gasteiger charge is -1.92. The molecule has 0 spiro atoms. The molecule has 0 radical (unpaired) electrons. The molecule has 0 fully saturated rings. The summed E-state index contributed by atoms with van der Waals surface area (Å²) in [5.74, 6) is 0. The van der Waals surface area contributed by atoms with Crippen LogP contribution in [-0.4, -0.2) is 33.6 Å². The van der Waals surface area contributed by atoms with Crippen molar-refractivity contribution < 1.29 is 21.9 Å². The van der Waals surface area contributed by atoms with E-state index in [1.54, 1.807) is 0 Å². The van der Waals surface area contributed by atoms with Gasteiger partial charge in [0.15, 0.2) is 24.8 Å². The zero-order valence-electron chi connectivity index (χ0n) is 5.39. The zero-order chi connectivity index (χ0) is 8.70. The second kappa shape index (κ2) is 2.29. The number of hydrogen-bond acceptors (Lipinski definition) is 5. The Balaban J connectivity index is 3.31. The fourth-order valence-electron chi connectivity index (χ4n) is 0.735. The molecule has 5 nitrogen and oxygen atoms in total. The third-order valence-electron chi connectivity index (χ3n) is 1.19. The molecule has 0 amide bonds. The van der Waals surface area contributed by atoms with Crippen molar-refractivity contribution in [1.29, 1.82) is 0 Å². The maximum atomic E-state index is 10.8. The highest BCUT2D eigenvalue weighted by atomic mass is 32.3.